The van der Waals surface area contributed by atoms with Gasteiger partial charge in [-0.2, -0.15) is 0 Å². The van der Waals surface area contributed by atoms with Crippen molar-refractivity contribution in [1.82, 2.24) is 4.98 Å². The molecule has 0 saturated heterocycles. The maximum Gasteiger partial charge on any atom is 0.245 e. The first-order valence-corrected chi connectivity index (χ1v) is 4.34. The second-order valence-electron chi connectivity index (χ2n) is 3.20. The van der Waals surface area contributed by atoms with Crippen LogP contribution in [0.25, 0.3) is 0 Å². The van der Waals surface area contributed by atoms with Crippen LogP contribution in [0.2, 0.25) is 0 Å². The van der Waals surface area contributed by atoms with Crippen LogP contribution in [0.15, 0.2) is 16.9 Å². The Kier molecular flexibility index (Phi) is 3.39. The highest BCUT2D eigenvalue weighted by Gasteiger charge is 2.19. The van der Waals surface area contributed by atoms with Crippen molar-refractivity contribution in [3.8, 4) is 0 Å². The molecule has 1 aromatic rings. The van der Waals surface area contributed by atoms with Crippen LogP contribution < -0.4 is 0 Å². The van der Waals surface area contributed by atoms with Crippen LogP contribution in [-0.2, 0) is 6.42 Å². The minimum atomic E-state index is -2.55. The summed E-state index contributed by atoms with van der Waals surface area (Å²) in [7, 11) is 0. The maximum absolute atomic E-state index is 12.3. The summed E-state index contributed by atoms with van der Waals surface area (Å²) in [5, 5.41) is 0. The molecule has 0 spiro atoms. The smallest absolute Gasteiger partial charge is 0.245 e. The molecular weight excluding hydrogens is 176 g/mol. The summed E-state index contributed by atoms with van der Waals surface area (Å²) >= 11 is 0. The predicted molar refractivity (Wildman–Crippen MR) is 44.7 cm³/mol. The number of oxazole rings is 1. The van der Waals surface area contributed by atoms with E-state index in [9.17, 15) is 8.78 Å². The summed E-state index contributed by atoms with van der Waals surface area (Å²) in [4.78, 5) is 3.90. The summed E-state index contributed by atoms with van der Waals surface area (Å²) in [6.07, 6.45) is 4.83. The van der Waals surface area contributed by atoms with Crippen molar-refractivity contribution in [3.63, 3.8) is 0 Å². The van der Waals surface area contributed by atoms with Gasteiger partial charge in [0.1, 0.15) is 6.26 Å². The number of rotatable bonds is 5. The summed E-state index contributed by atoms with van der Waals surface area (Å²) in [5.74, 6) is -1.92. The first-order valence-electron chi connectivity index (χ1n) is 4.34. The molecule has 0 unspecified atom stereocenters. The van der Waals surface area contributed by atoms with E-state index in [1.807, 2.05) is 0 Å². The van der Waals surface area contributed by atoms with E-state index in [0.29, 0.717) is 25.2 Å². The summed E-state index contributed by atoms with van der Waals surface area (Å²) < 4.78 is 29.7. The number of hydrogen-bond donors (Lipinski definition) is 0. The number of aromatic nitrogens is 1. The van der Waals surface area contributed by atoms with E-state index in [0.717, 1.165) is 6.92 Å². The number of hydrogen-bond acceptors (Lipinski definition) is 2. The second kappa shape index (κ2) is 4.35. The molecule has 0 bridgehead atoms. The van der Waals surface area contributed by atoms with Crippen LogP contribution in [0.1, 0.15) is 32.1 Å². The van der Waals surface area contributed by atoms with Gasteiger partial charge < -0.3 is 4.42 Å². The Hall–Kier alpha value is -0.930. The molecule has 13 heavy (non-hydrogen) atoms. The third kappa shape index (κ3) is 4.60. The van der Waals surface area contributed by atoms with Crippen LogP contribution in [0, 0.1) is 0 Å². The van der Waals surface area contributed by atoms with Crippen LogP contribution in [0.4, 0.5) is 8.78 Å². The molecule has 0 saturated carbocycles. The summed E-state index contributed by atoms with van der Waals surface area (Å²) in [6, 6.07) is 0. The molecular formula is C9H13F2NO. The maximum atomic E-state index is 12.3. The molecule has 2 nitrogen and oxygen atoms in total. The van der Waals surface area contributed by atoms with Gasteiger partial charge in [-0.3, -0.25) is 0 Å². The highest BCUT2D eigenvalue weighted by molar-refractivity contribution is 4.79. The quantitative estimate of drug-likeness (QED) is 0.665. The number of unbranched alkanes of at least 4 members (excludes halogenated alkanes) is 1. The van der Waals surface area contributed by atoms with Gasteiger partial charge >= 0.3 is 0 Å². The van der Waals surface area contributed by atoms with Crippen molar-refractivity contribution >= 4 is 0 Å². The van der Waals surface area contributed by atoms with E-state index in [1.54, 1.807) is 6.20 Å². The molecule has 74 valence electrons. The molecule has 1 aromatic heterocycles. The van der Waals surface area contributed by atoms with Crippen molar-refractivity contribution in [2.75, 3.05) is 0 Å². The Balaban J connectivity index is 2.09. The zero-order valence-electron chi connectivity index (χ0n) is 7.59. The predicted octanol–water partition coefficient (Wildman–Crippen LogP) is 3.04. The van der Waals surface area contributed by atoms with E-state index in [4.69, 9.17) is 4.42 Å². The van der Waals surface area contributed by atoms with E-state index in [1.165, 1.54) is 6.26 Å². The molecule has 0 aliphatic carbocycles. The van der Waals surface area contributed by atoms with Gasteiger partial charge in [0.2, 0.25) is 5.92 Å². The summed E-state index contributed by atoms with van der Waals surface area (Å²) in [5.41, 5.74) is 0. The molecule has 0 radical (unpaired) electrons. The Morgan fingerprint density at radius 3 is 2.77 bits per heavy atom. The standard InChI is InChI=1S/C9H13F2NO/c1-9(10,11)5-3-2-4-8-12-6-7-13-8/h6-7H,2-5H2,1H3. The lowest BCUT2D eigenvalue weighted by Crippen LogP contribution is -2.08. The molecule has 1 rings (SSSR count). The van der Waals surface area contributed by atoms with E-state index in [-0.39, 0.29) is 6.42 Å². The zero-order chi connectivity index (χ0) is 9.73. The van der Waals surface area contributed by atoms with Crippen molar-refractivity contribution in [2.24, 2.45) is 0 Å². The molecule has 0 aliphatic rings. The van der Waals surface area contributed by atoms with Gasteiger partial charge in [0.15, 0.2) is 5.89 Å². The van der Waals surface area contributed by atoms with Crippen LogP contribution in [0.3, 0.4) is 0 Å². The number of aryl methyl sites for hydroxylation is 1. The fraction of sp³-hybridized carbons (Fsp3) is 0.667. The van der Waals surface area contributed by atoms with Crippen molar-refractivity contribution in [2.45, 2.75) is 38.5 Å². The van der Waals surface area contributed by atoms with Gasteiger partial charge in [-0.15, -0.1) is 0 Å². The normalized spacial score (nSPS) is 11.9. The molecule has 0 amide bonds. The van der Waals surface area contributed by atoms with Crippen LogP contribution >= 0.6 is 0 Å². The fourth-order valence-electron chi connectivity index (χ4n) is 1.09. The molecule has 0 aromatic carbocycles. The minimum Gasteiger partial charge on any atom is -0.449 e. The summed E-state index contributed by atoms with van der Waals surface area (Å²) in [6.45, 7) is 0.943. The Bertz CT molecular complexity index is 228. The van der Waals surface area contributed by atoms with Gasteiger partial charge in [-0.1, -0.05) is 0 Å². The van der Waals surface area contributed by atoms with E-state index >= 15 is 0 Å². The zero-order valence-corrected chi connectivity index (χ0v) is 7.59. The monoisotopic (exact) mass is 189 g/mol. The van der Waals surface area contributed by atoms with Crippen molar-refractivity contribution in [3.05, 3.63) is 18.4 Å². The van der Waals surface area contributed by atoms with E-state index < -0.39 is 5.92 Å². The fourth-order valence-corrected chi connectivity index (χ4v) is 1.09. The lowest BCUT2D eigenvalue weighted by atomic mass is 10.1. The SMILES string of the molecule is CC(F)(F)CCCCc1ncco1. The minimum absolute atomic E-state index is 0.0618. The third-order valence-corrected chi connectivity index (χ3v) is 1.74. The molecule has 0 aliphatic heterocycles. The van der Waals surface area contributed by atoms with Gasteiger partial charge in [0.25, 0.3) is 0 Å². The van der Waals surface area contributed by atoms with Crippen molar-refractivity contribution < 1.29 is 13.2 Å². The lowest BCUT2D eigenvalue weighted by Gasteiger charge is -2.08. The van der Waals surface area contributed by atoms with Gasteiger partial charge in [-0.05, 0) is 19.8 Å². The highest BCUT2D eigenvalue weighted by Crippen LogP contribution is 2.20. The Labute approximate surface area is 76.0 Å². The van der Waals surface area contributed by atoms with E-state index in [2.05, 4.69) is 4.98 Å². The number of nitrogens with zero attached hydrogens (tertiary/aromatic N) is 1. The first kappa shape index (κ1) is 10.2. The number of alkyl halides is 2. The molecule has 4 heteroatoms. The molecule has 0 N–H and O–H groups in total. The van der Waals surface area contributed by atoms with Crippen molar-refractivity contribution in [1.29, 1.82) is 0 Å². The van der Waals surface area contributed by atoms with Gasteiger partial charge in [0.05, 0.1) is 6.20 Å². The Morgan fingerprint density at radius 1 is 1.46 bits per heavy atom. The van der Waals surface area contributed by atoms with Gasteiger partial charge in [0, 0.05) is 12.8 Å². The third-order valence-electron chi connectivity index (χ3n) is 1.74. The second-order valence-corrected chi connectivity index (χ2v) is 3.20. The highest BCUT2D eigenvalue weighted by atomic mass is 19.3. The largest absolute Gasteiger partial charge is 0.449 e. The molecule has 0 atom stereocenters. The first-order chi connectivity index (χ1) is 6.08. The molecule has 1 heterocycles. The topological polar surface area (TPSA) is 26.0 Å². The van der Waals surface area contributed by atoms with Crippen LogP contribution in [0.5, 0.6) is 0 Å². The van der Waals surface area contributed by atoms with Gasteiger partial charge in [-0.25, -0.2) is 13.8 Å². The number of halogens is 2. The lowest BCUT2D eigenvalue weighted by molar-refractivity contribution is 0.0104. The van der Waals surface area contributed by atoms with Crippen LogP contribution in [-0.4, -0.2) is 10.9 Å². The average molecular weight is 189 g/mol. The molecule has 0 fully saturated rings. The average Bonchev–Trinajstić information content (AvgIpc) is 2.48. The Morgan fingerprint density at radius 2 is 2.23 bits per heavy atom.